The summed E-state index contributed by atoms with van der Waals surface area (Å²) in [5, 5.41) is 0. The number of rotatable bonds is 4. The van der Waals surface area contributed by atoms with Crippen molar-refractivity contribution in [2.24, 2.45) is 0 Å². The van der Waals surface area contributed by atoms with Crippen molar-refractivity contribution >= 4 is 5.82 Å². The number of ether oxygens (including phenoxy) is 1. The summed E-state index contributed by atoms with van der Waals surface area (Å²) >= 11 is 0. The van der Waals surface area contributed by atoms with Crippen molar-refractivity contribution in [3.63, 3.8) is 0 Å². The van der Waals surface area contributed by atoms with E-state index in [1.54, 1.807) is 0 Å². The summed E-state index contributed by atoms with van der Waals surface area (Å²) < 4.78 is 5.22. The van der Waals surface area contributed by atoms with E-state index < -0.39 is 0 Å². The fourth-order valence-electron chi connectivity index (χ4n) is 1.37. The second kappa shape index (κ2) is 4.91. The van der Waals surface area contributed by atoms with Crippen LogP contribution < -0.4 is 5.73 Å². The quantitative estimate of drug-likeness (QED) is 0.790. The molecule has 0 aliphatic carbocycles. The first-order valence-corrected chi connectivity index (χ1v) is 4.88. The summed E-state index contributed by atoms with van der Waals surface area (Å²) in [7, 11) is 0. The van der Waals surface area contributed by atoms with E-state index in [9.17, 15) is 0 Å². The van der Waals surface area contributed by atoms with Crippen molar-refractivity contribution in [2.75, 3.05) is 12.3 Å². The van der Waals surface area contributed by atoms with Gasteiger partial charge in [-0.3, -0.25) is 0 Å². The standard InChI is InChI=1S/C10H17N3O/c1-4-8-7(3)12-9(6-14-5-2)13-10(8)11/h4-6H2,1-3H3,(H2,11,12,13). The summed E-state index contributed by atoms with van der Waals surface area (Å²) in [6.45, 7) is 7.04. The van der Waals surface area contributed by atoms with Crippen molar-refractivity contribution in [3.05, 3.63) is 17.1 Å². The molecule has 0 aliphatic heterocycles. The summed E-state index contributed by atoms with van der Waals surface area (Å²) in [5.41, 5.74) is 7.78. The Kier molecular flexibility index (Phi) is 3.83. The molecule has 1 heterocycles. The van der Waals surface area contributed by atoms with Crippen LogP contribution in [-0.2, 0) is 17.8 Å². The molecule has 0 radical (unpaired) electrons. The van der Waals surface area contributed by atoms with Gasteiger partial charge in [-0.25, -0.2) is 9.97 Å². The third kappa shape index (κ3) is 2.42. The molecule has 0 amide bonds. The molecule has 0 spiro atoms. The molecule has 0 atom stereocenters. The van der Waals surface area contributed by atoms with Crippen LogP contribution in [0.4, 0.5) is 5.82 Å². The Morgan fingerprint density at radius 2 is 2.00 bits per heavy atom. The highest BCUT2D eigenvalue weighted by Crippen LogP contribution is 2.13. The van der Waals surface area contributed by atoms with E-state index in [0.29, 0.717) is 24.9 Å². The maximum Gasteiger partial charge on any atom is 0.156 e. The van der Waals surface area contributed by atoms with E-state index in [0.717, 1.165) is 17.7 Å². The molecule has 0 aromatic carbocycles. The van der Waals surface area contributed by atoms with Gasteiger partial charge >= 0.3 is 0 Å². The first-order valence-electron chi connectivity index (χ1n) is 4.88. The molecule has 1 aromatic heterocycles. The van der Waals surface area contributed by atoms with Gasteiger partial charge in [0.05, 0.1) is 0 Å². The first kappa shape index (κ1) is 10.9. The minimum atomic E-state index is 0.436. The molecule has 0 saturated heterocycles. The van der Waals surface area contributed by atoms with Crippen LogP contribution in [0.2, 0.25) is 0 Å². The molecule has 0 saturated carbocycles. The number of hydrogen-bond donors (Lipinski definition) is 1. The van der Waals surface area contributed by atoms with Crippen molar-refractivity contribution < 1.29 is 4.74 Å². The van der Waals surface area contributed by atoms with Crippen molar-refractivity contribution in [1.82, 2.24) is 9.97 Å². The van der Waals surface area contributed by atoms with Gasteiger partial charge in [0.1, 0.15) is 12.4 Å². The lowest BCUT2D eigenvalue weighted by atomic mass is 10.2. The lowest BCUT2D eigenvalue weighted by Crippen LogP contribution is -2.08. The Labute approximate surface area is 84.5 Å². The van der Waals surface area contributed by atoms with E-state index in [2.05, 4.69) is 9.97 Å². The number of hydrogen-bond acceptors (Lipinski definition) is 4. The summed E-state index contributed by atoms with van der Waals surface area (Å²) in [5.74, 6) is 1.24. The van der Waals surface area contributed by atoms with E-state index in [1.165, 1.54) is 0 Å². The van der Waals surface area contributed by atoms with E-state index in [-0.39, 0.29) is 0 Å². The number of aryl methyl sites for hydroxylation is 1. The molecule has 4 nitrogen and oxygen atoms in total. The van der Waals surface area contributed by atoms with Gasteiger partial charge in [0.2, 0.25) is 0 Å². The largest absolute Gasteiger partial charge is 0.383 e. The van der Waals surface area contributed by atoms with Crippen LogP contribution in [0.3, 0.4) is 0 Å². The number of aromatic nitrogens is 2. The van der Waals surface area contributed by atoms with E-state index >= 15 is 0 Å². The number of nitrogens with two attached hydrogens (primary N) is 1. The zero-order valence-electron chi connectivity index (χ0n) is 9.00. The van der Waals surface area contributed by atoms with Crippen LogP contribution in [0.25, 0.3) is 0 Å². The summed E-state index contributed by atoms with van der Waals surface area (Å²) in [6.07, 6.45) is 0.868. The number of nitrogen functional groups attached to an aromatic ring is 1. The van der Waals surface area contributed by atoms with Gasteiger partial charge in [0, 0.05) is 17.9 Å². The Bertz CT molecular complexity index is 289. The monoisotopic (exact) mass is 195 g/mol. The molecule has 4 heteroatoms. The topological polar surface area (TPSA) is 61.0 Å². The molecular formula is C10H17N3O. The number of anilines is 1. The summed E-state index contributed by atoms with van der Waals surface area (Å²) in [6, 6.07) is 0. The van der Waals surface area contributed by atoms with Crippen LogP contribution >= 0.6 is 0 Å². The molecule has 14 heavy (non-hydrogen) atoms. The van der Waals surface area contributed by atoms with Crippen LogP contribution in [0, 0.1) is 6.92 Å². The Balaban J connectivity index is 2.90. The van der Waals surface area contributed by atoms with E-state index in [1.807, 2.05) is 20.8 Å². The molecule has 0 bridgehead atoms. The number of nitrogens with zero attached hydrogens (tertiary/aromatic N) is 2. The maximum absolute atomic E-state index is 5.80. The van der Waals surface area contributed by atoms with Crippen LogP contribution in [0.1, 0.15) is 30.9 Å². The van der Waals surface area contributed by atoms with Gasteiger partial charge in [-0.2, -0.15) is 0 Å². The Morgan fingerprint density at radius 3 is 2.50 bits per heavy atom. The minimum absolute atomic E-state index is 0.436. The van der Waals surface area contributed by atoms with Crippen LogP contribution in [-0.4, -0.2) is 16.6 Å². The molecule has 0 fully saturated rings. The summed E-state index contributed by atoms with van der Waals surface area (Å²) in [4.78, 5) is 8.51. The predicted octanol–water partition coefficient (Wildman–Crippen LogP) is 1.47. The fourth-order valence-corrected chi connectivity index (χ4v) is 1.37. The second-order valence-electron chi connectivity index (χ2n) is 3.08. The molecule has 0 aliphatic rings. The molecule has 2 N–H and O–H groups in total. The van der Waals surface area contributed by atoms with E-state index in [4.69, 9.17) is 10.5 Å². The third-order valence-corrected chi connectivity index (χ3v) is 2.08. The second-order valence-corrected chi connectivity index (χ2v) is 3.08. The Morgan fingerprint density at radius 1 is 1.29 bits per heavy atom. The third-order valence-electron chi connectivity index (χ3n) is 2.08. The average Bonchev–Trinajstić information content (AvgIpc) is 2.14. The predicted molar refractivity (Wildman–Crippen MR) is 55.9 cm³/mol. The first-order chi connectivity index (χ1) is 6.69. The molecular weight excluding hydrogens is 178 g/mol. The SMILES string of the molecule is CCOCc1nc(C)c(CC)c(N)n1. The van der Waals surface area contributed by atoms with Gasteiger partial charge in [-0.1, -0.05) is 6.92 Å². The van der Waals surface area contributed by atoms with Crippen LogP contribution in [0.15, 0.2) is 0 Å². The van der Waals surface area contributed by atoms with Crippen LogP contribution in [0.5, 0.6) is 0 Å². The molecule has 1 aromatic rings. The van der Waals surface area contributed by atoms with Gasteiger partial charge in [-0.15, -0.1) is 0 Å². The normalized spacial score (nSPS) is 10.5. The van der Waals surface area contributed by atoms with Gasteiger partial charge in [-0.05, 0) is 20.3 Å². The lowest BCUT2D eigenvalue weighted by Gasteiger charge is -2.08. The highest BCUT2D eigenvalue weighted by atomic mass is 16.5. The lowest BCUT2D eigenvalue weighted by molar-refractivity contribution is 0.128. The smallest absolute Gasteiger partial charge is 0.156 e. The molecule has 0 unspecified atom stereocenters. The average molecular weight is 195 g/mol. The fraction of sp³-hybridized carbons (Fsp3) is 0.600. The van der Waals surface area contributed by atoms with Crippen molar-refractivity contribution in [1.29, 1.82) is 0 Å². The molecule has 78 valence electrons. The zero-order chi connectivity index (χ0) is 10.6. The minimum Gasteiger partial charge on any atom is -0.383 e. The highest BCUT2D eigenvalue weighted by Gasteiger charge is 2.06. The van der Waals surface area contributed by atoms with Gasteiger partial charge in [0.15, 0.2) is 5.82 Å². The van der Waals surface area contributed by atoms with Crippen molar-refractivity contribution in [2.45, 2.75) is 33.8 Å². The maximum atomic E-state index is 5.80. The van der Waals surface area contributed by atoms with Crippen molar-refractivity contribution in [3.8, 4) is 0 Å². The molecule has 1 rings (SSSR count). The van der Waals surface area contributed by atoms with Gasteiger partial charge < -0.3 is 10.5 Å². The zero-order valence-corrected chi connectivity index (χ0v) is 9.00. The highest BCUT2D eigenvalue weighted by molar-refractivity contribution is 5.41. The van der Waals surface area contributed by atoms with Gasteiger partial charge in [0.25, 0.3) is 0 Å². The Hall–Kier alpha value is -1.16.